The van der Waals surface area contributed by atoms with E-state index in [2.05, 4.69) is 354 Å². The van der Waals surface area contributed by atoms with Crippen LogP contribution < -0.4 is 4.90 Å². The van der Waals surface area contributed by atoms with Crippen molar-refractivity contribution in [2.45, 2.75) is 181 Å². The van der Waals surface area contributed by atoms with Gasteiger partial charge in [0, 0.05) is 38.6 Å². The summed E-state index contributed by atoms with van der Waals surface area (Å²) in [7, 11) is 0. The zero-order chi connectivity index (χ0) is 78.0. The highest BCUT2D eigenvalue weighted by Gasteiger charge is 2.49. The molecule has 16 aromatic rings. The first-order valence-corrected chi connectivity index (χ1v) is 43.5. The molecular formula is C112H108N2O. The summed E-state index contributed by atoms with van der Waals surface area (Å²) in [6.07, 6.45) is 24.2. The summed E-state index contributed by atoms with van der Waals surface area (Å²) in [5.41, 5.74) is 35.6. The standard InChI is InChI=1S/C112H108N2O/c1-7-11-15-20-29-79-41-53-87(54-42-79)111(88-55-43-80(44-56-88)30-21-16-12-8-2)102-71-77(5)39-65-94(102)96-67-63-92(75-104(96)111)113(93-64-68-97-95-66-40-78(6)72-103(95)112(105(97)76-93,89-57-45-81(46-58-89)31-22-17-13-9-3)90-59-47-82(48-60-90)32-23-18-14-10-4)91-61-49-84(50-62-91)86-52-70-107-101(74-86)100-73-85(83-33-24-19-25-34-83)51-69-106(100)114(107)108-37-28-36-99-98-35-26-27-38-109(98)115-110(99)108/h19,24-28,33-76H,7-18,20-23,29-32H2,1-6H3. The van der Waals surface area contributed by atoms with Crippen molar-refractivity contribution in [1.82, 2.24) is 4.57 Å². The Morgan fingerprint density at radius 3 is 1.07 bits per heavy atom. The van der Waals surface area contributed by atoms with Gasteiger partial charge in [-0.1, -0.05) is 346 Å². The number of rotatable bonds is 30. The van der Waals surface area contributed by atoms with Crippen LogP contribution in [0, 0.1) is 13.8 Å². The van der Waals surface area contributed by atoms with Crippen LogP contribution in [0.25, 0.3) is 93.9 Å². The van der Waals surface area contributed by atoms with E-state index in [0.29, 0.717) is 0 Å². The molecule has 0 bridgehead atoms. The second-order valence-electron chi connectivity index (χ2n) is 33.4. The van der Waals surface area contributed by atoms with E-state index in [1.54, 1.807) is 0 Å². The van der Waals surface area contributed by atoms with Gasteiger partial charge in [-0.2, -0.15) is 0 Å². The molecule has 0 fully saturated rings. The zero-order valence-corrected chi connectivity index (χ0v) is 68.3. The van der Waals surface area contributed by atoms with E-state index in [1.807, 2.05) is 0 Å². The second-order valence-corrected chi connectivity index (χ2v) is 33.4. The molecular weight excluding hydrogens is 1390 g/mol. The van der Waals surface area contributed by atoms with Gasteiger partial charge in [-0.3, -0.25) is 0 Å². The predicted octanol–water partition coefficient (Wildman–Crippen LogP) is 31.3. The first kappa shape index (κ1) is 74.9. The lowest BCUT2D eigenvalue weighted by Gasteiger charge is -2.36. The lowest BCUT2D eigenvalue weighted by molar-refractivity contribution is 0.666. The van der Waals surface area contributed by atoms with E-state index in [1.165, 1.54) is 225 Å². The Bertz CT molecular complexity index is 5820. The van der Waals surface area contributed by atoms with Crippen LogP contribution in [-0.4, -0.2) is 4.57 Å². The molecule has 0 amide bonds. The Morgan fingerprint density at radius 1 is 0.278 bits per heavy atom. The molecule has 0 radical (unpaired) electrons. The summed E-state index contributed by atoms with van der Waals surface area (Å²) in [5.74, 6) is 0. The van der Waals surface area contributed by atoms with Gasteiger partial charge in [0.15, 0.2) is 5.58 Å². The minimum atomic E-state index is -0.636. The quantitative estimate of drug-likeness (QED) is 0.0419. The molecule has 2 heterocycles. The number of nitrogens with zero attached hydrogens (tertiary/aromatic N) is 2. The highest BCUT2D eigenvalue weighted by Crippen LogP contribution is 2.61. The Balaban J connectivity index is 0.840. The van der Waals surface area contributed by atoms with Gasteiger partial charge < -0.3 is 13.9 Å². The lowest BCUT2D eigenvalue weighted by Crippen LogP contribution is -2.29. The van der Waals surface area contributed by atoms with Crippen LogP contribution >= 0.6 is 0 Å². The number of para-hydroxylation sites is 2. The molecule has 0 unspecified atom stereocenters. The maximum Gasteiger partial charge on any atom is 0.159 e. The summed E-state index contributed by atoms with van der Waals surface area (Å²) in [6.45, 7) is 13.8. The zero-order valence-electron chi connectivity index (χ0n) is 68.3. The monoisotopic (exact) mass is 1500 g/mol. The Labute approximate surface area is 682 Å². The second kappa shape index (κ2) is 32.8. The smallest absolute Gasteiger partial charge is 0.159 e. The van der Waals surface area contributed by atoms with E-state index in [0.717, 1.165) is 92.5 Å². The molecule has 14 aromatic carbocycles. The number of hydrogen-bond donors (Lipinski definition) is 0. The molecule has 0 spiro atoms. The van der Waals surface area contributed by atoms with Crippen LogP contribution in [-0.2, 0) is 36.5 Å². The molecule has 572 valence electrons. The molecule has 115 heavy (non-hydrogen) atoms. The predicted molar refractivity (Wildman–Crippen MR) is 489 cm³/mol. The molecule has 2 aromatic heterocycles. The Morgan fingerprint density at radius 2 is 0.643 bits per heavy atom. The van der Waals surface area contributed by atoms with Crippen LogP contribution in [0.2, 0.25) is 0 Å². The Hall–Kier alpha value is -11.5. The van der Waals surface area contributed by atoms with Crippen LogP contribution in [0.15, 0.2) is 308 Å². The minimum absolute atomic E-state index is 0.636. The molecule has 2 aliphatic rings. The fourth-order valence-corrected chi connectivity index (χ4v) is 19.8. The number of benzene rings is 14. The van der Waals surface area contributed by atoms with Gasteiger partial charge in [-0.25, -0.2) is 0 Å². The maximum atomic E-state index is 6.82. The maximum absolute atomic E-state index is 6.82. The van der Waals surface area contributed by atoms with Crippen molar-refractivity contribution >= 4 is 60.8 Å². The van der Waals surface area contributed by atoms with Crippen molar-refractivity contribution in [2.24, 2.45) is 0 Å². The number of anilines is 3. The van der Waals surface area contributed by atoms with Gasteiger partial charge in [0.25, 0.3) is 0 Å². The Kier molecular flexibility index (Phi) is 21.3. The molecule has 18 rings (SSSR count). The molecule has 0 N–H and O–H groups in total. The van der Waals surface area contributed by atoms with E-state index in [9.17, 15) is 0 Å². The summed E-state index contributed by atoms with van der Waals surface area (Å²) in [5, 5.41) is 4.61. The number of fused-ring (bicyclic) bond motifs is 12. The highest BCUT2D eigenvalue weighted by atomic mass is 16.3. The van der Waals surface area contributed by atoms with Crippen molar-refractivity contribution in [2.75, 3.05) is 4.90 Å². The summed E-state index contributed by atoms with van der Waals surface area (Å²) < 4.78 is 9.25. The van der Waals surface area contributed by atoms with Gasteiger partial charge in [0.2, 0.25) is 0 Å². The molecule has 3 heteroatoms. The van der Waals surface area contributed by atoms with Crippen molar-refractivity contribution < 1.29 is 4.42 Å². The third kappa shape index (κ3) is 13.8. The fourth-order valence-electron chi connectivity index (χ4n) is 19.8. The lowest BCUT2D eigenvalue weighted by atomic mass is 9.67. The highest BCUT2D eigenvalue weighted by molar-refractivity contribution is 6.14. The minimum Gasteiger partial charge on any atom is -0.454 e. The van der Waals surface area contributed by atoms with Crippen LogP contribution in [0.4, 0.5) is 17.1 Å². The van der Waals surface area contributed by atoms with Gasteiger partial charge >= 0.3 is 0 Å². The average molecular weight is 1500 g/mol. The van der Waals surface area contributed by atoms with Crippen molar-refractivity contribution in [1.29, 1.82) is 0 Å². The van der Waals surface area contributed by atoms with E-state index in [-0.39, 0.29) is 0 Å². The third-order valence-electron chi connectivity index (χ3n) is 25.8. The number of furan rings is 1. The molecule has 2 aliphatic carbocycles. The average Bonchev–Trinajstić information content (AvgIpc) is 1.55. The van der Waals surface area contributed by atoms with Gasteiger partial charge in [-0.05, 0) is 249 Å². The van der Waals surface area contributed by atoms with Crippen LogP contribution in [0.3, 0.4) is 0 Å². The normalized spacial score (nSPS) is 13.1. The van der Waals surface area contributed by atoms with E-state index < -0.39 is 10.8 Å². The third-order valence-corrected chi connectivity index (χ3v) is 25.8. The number of hydrogen-bond acceptors (Lipinski definition) is 2. The first-order valence-electron chi connectivity index (χ1n) is 43.5. The molecule has 0 saturated carbocycles. The number of unbranched alkanes of at least 4 members (excludes halogenated alkanes) is 12. The van der Waals surface area contributed by atoms with Gasteiger partial charge in [0.05, 0.1) is 27.6 Å². The summed E-state index contributed by atoms with van der Waals surface area (Å²) in [6, 6.07) is 119. The topological polar surface area (TPSA) is 21.3 Å². The number of aryl methyl sites for hydroxylation is 6. The van der Waals surface area contributed by atoms with E-state index >= 15 is 0 Å². The van der Waals surface area contributed by atoms with Crippen molar-refractivity contribution in [3.05, 3.63) is 381 Å². The molecule has 0 atom stereocenters. The molecule has 3 nitrogen and oxygen atoms in total. The SMILES string of the molecule is CCCCCCc1ccc(C2(c3ccc(CCCCCC)cc3)c3cc(C)ccc3-c3ccc(N(c4ccc(-c5ccc6c(c5)c5cc(-c7ccccc7)ccc5n6-c5cccc6c5oc5ccccc56)cc4)c4ccc5c(c4)C(c4ccc(CCCCCC)cc4)(c4ccc(CCCCCC)cc4)c4cc(C)ccc4-5)cc32)cc1. The van der Waals surface area contributed by atoms with Crippen LogP contribution in [0.1, 0.15) is 208 Å². The van der Waals surface area contributed by atoms with Gasteiger partial charge in [-0.15, -0.1) is 0 Å². The first-order chi connectivity index (χ1) is 56.7. The summed E-state index contributed by atoms with van der Waals surface area (Å²) in [4.78, 5) is 2.60. The van der Waals surface area contributed by atoms with Gasteiger partial charge in [0.1, 0.15) is 5.58 Å². The fraction of sp³-hybridized carbons (Fsp3) is 0.250. The van der Waals surface area contributed by atoms with Crippen LogP contribution in [0.5, 0.6) is 0 Å². The summed E-state index contributed by atoms with van der Waals surface area (Å²) >= 11 is 0. The molecule has 0 aliphatic heterocycles. The number of aromatic nitrogens is 1. The molecule has 0 saturated heterocycles. The van der Waals surface area contributed by atoms with Crippen molar-refractivity contribution in [3.8, 4) is 50.2 Å². The van der Waals surface area contributed by atoms with E-state index in [4.69, 9.17) is 4.42 Å². The van der Waals surface area contributed by atoms with Crippen molar-refractivity contribution in [3.63, 3.8) is 0 Å². The largest absolute Gasteiger partial charge is 0.454 e.